The average Bonchev–Trinajstić information content (AvgIpc) is 1.27. The molecule has 0 atom stereocenters. The molecule has 0 aromatic rings. The van der Waals surface area contributed by atoms with E-state index in [1.165, 1.54) is 0 Å². The van der Waals surface area contributed by atoms with Crippen LogP contribution in [0.2, 0.25) is 0 Å². The van der Waals surface area contributed by atoms with Gasteiger partial charge in [-0.25, -0.2) is 0 Å². The van der Waals surface area contributed by atoms with Crippen molar-refractivity contribution in [1.82, 2.24) is 0 Å². The number of carboxylic acid groups (broad SMARTS) is 2. The van der Waals surface area contributed by atoms with Crippen molar-refractivity contribution in [3.8, 4) is 0 Å². The van der Waals surface area contributed by atoms with E-state index in [0.29, 0.717) is 0 Å². The van der Waals surface area contributed by atoms with Gasteiger partial charge in [-0.15, -0.1) is 0 Å². The van der Waals surface area contributed by atoms with E-state index in [1.807, 2.05) is 0 Å². The van der Waals surface area contributed by atoms with Crippen molar-refractivity contribution in [3.05, 3.63) is 0 Å². The molecule has 0 unspecified atom stereocenters. The number of hydrogen-bond donors (Lipinski definition) is 0. The van der Waals surface area contributed by atoms with Crippen molar-refractivity contribution < 1.29 is 19.8 Å². The summed E-state index contributed by atoms with van der Waals surface area (Å²) in [7, 11) is 0. The molecule has 0 amide bonds. The molecule has 8 heavy (non-hydrogen) atoms. The number of rotatable bonds is 2. The summed E-state index contributed by atoms with van der Waals surface area (Å²) in [6.45, 7) is 0. The van der Waals surface area contributed by atoms with Gasteiger partial charge >= 0.3 is 53.0 Å². The van der Waals surface area contributed by atoms with Gasteiger partial charge in [-0.1, -0.05) is 0 Å². The fourth-order valence-corrected chi connectivity index (χ4v) is 0.354. The first-order chi connectivity index (χ1) is 3.13. The van der Waals surface area contributed by atoms with Crippen LogP contribution >= 0.6 is 0 Å². The van der Waals surface area contributed by atoms with Gasteiger partial charge in [0.1, 0.15) is 0 Å². The summed E-state index contributed by atoms with van der Waals surface area (Å²) in [4.78, 5) is 15.7. The van der Waals surface area contributed by atoms with E-state index >= 15 is 0 Å². The van der Waals surface area contributed by atoms with E-state index in [-0.39, 0.29) is 37.7 Å². The minimum atomic E-state index is -2.11. The molecule has 0 saturated carbocycles. The van der Waals surface area contributed by atoms with Crippen LogP contribution in [0.3, 0.4) is 0 Å². The molecule has 0 aliphatic rings. The summed E-state index contributed by atoms with van der Waals surface area (Å²) in [6, 6.07) is 0. The molecule has 6 heteroatoms. The van der Waals surface area contributed by atoms with Crippen LogP contribution < -0.4 is 10.2 Å². The maximum absolute atomic E-state index is 9.34. The molecule has 0 aliphatic carbocycles. The minimum absolute atomic E-state index is 0. The van der Waals surface area contributed by atoms with Gasteiger partial charge in [0.25, 0.3) is 0 Å². The van der Waals surface area contributed by atoms with Gasteiger partial charge in [0.15, 0.2) is 0 Å². The molecule has 4 nitrogen and oxygen atoms in total. The third-order valence-corrected chi connectivity index (χ3v) is 0.866. The number of carbonyl (C=O) groups is 2. The molecule has 0 bridgehead atoms. The van der Waals surface area contributed by atoms with Crippen LogP contribution in [0.4, 0.5) is 9.59 Å². The fraction of sp³-hybridized carbons (Fsp3) is 0. The standard InChI is InChI=1S/2CO2.Al.Ca.H/c2*2-1-3;;;/q2*-1;;+2;. The molecule has 0 N–H and O–H groups in total. The molecular weight excluding hydrogens is 155 g/mol. The first kappa shape index (κ1) is 11.5. The quantitative estimate of drug-likeness (QED) is 0.393. The van der Waals surface area contributed by atoms with Gasteiger partial charge in [-0.2, -0.15) is 0 Å². The zero-order chi connectivity index (χ0) is 5.86. The zero-order valence-electron chi connectivity index (χ0n) is 4.05. The molecule has 0 saturated heterocycles. The average molecular weight is 156 g/mol. The van der Waals surface area contributed by atoms with E-state index < -0.39 is 24.9 Å². The summed E-state index contributed by atoms with van der Waals surface area (Å²) in [6.07, 6.45) is 0. The minimum Gasteiger partial charge on any atom is -0.570 e. The van der Waals surface area contributed by atoms with Crippen LogP contribution in [0.5, 0.6) is 0 Å². The fourth-order valence-electron chi connectivity index (χ4n) is 0.118. The third-order valence-electron chi connectivity index (χ3n) is 0.289. The van der Waals surface area contributed by atoms with Crippen molar-refractivity contribution >= 4 is 62.6 Å². The molecule has 0 aromatic carbocycles. The number of carbonyl (C=O) groups excluding carboxylic acids is 2. The maximum atomic E-state index is 9.34. The molecule has 0 fully saturated rings. The van der Waals surface area contributed by atoms with Crippen LogP contribution in [0.1, 0.15) is 0 Å². The Hall–Kier alpha value is 0.732. The Bertz CT molecular complexity index is 90.2. The van der Waals surface area contributed by atoms with Crippen molar-refractivity contribution in [2.24, 2.45) is 0 Å². The monoisotopic (exact) mass is 156 g/mol. The van der Waals surface area contributed by atoms with Gasteiger partial charge in [-0.3, -0.25) is 0 Å². The Morgan fingerprint density at radius 2 is 1.38 bits per heavy atom. The van der Waals surface area contributed by atoms with Crippen molar-refractivity contribution in [2.45, 2.75) is 0 Å². The van der Waals surface area contributed by atoms with Gasteiger partial charge in [0.05, 0.1) is 0 Å². The topological polar surface area (TPSA) is 80.3 Å². The van der Waals surface area contributed by atoms with Crippen molar-refractivity contribution in [3.63, 3.8) is 0 Å². The number of hydrogen-bond acceptors (Lipinski definition) is 4. The van der Waals surface area contributed by atoms with Crippen LogP contribution in [-0.4, -0.2) is 62.6 Å². The first-order valence-corrected chi connectivity index (χ1v) is 2.94. The van der Waals surface area contributed by atoms with E-state index in [2.05, 4.69) is 0 Å². The molecule has 0 radical (unpaired) electrons. The van der Waals surface area contributed by atoms with E-state index in [4.69, 9.17) is 0 Å². The summed E-state index contributed by atoms with van der Waals surface area (Å²) in [5.74, 6) is 0. The first-order valence-electron chi connectivity index (χ1n) is 1.52. The van der Waals surface area contributed by atoms with Crippen LogP contribution in [-0.2, 0) is 0 Å². The summed E-state index contributed by atoms with van der Waals surface area (Å²) in [5, 5.41) is 18.7. The molecule has 0 heterocycles. The Labute approximate surface area is 81.6 Å². The second kappa shape index (κ2) is 5.86. The Morgan fingerprint density at radius 1 is 1.12 bits per heavy atom. The van der Waals surface area contributed by atoms with E-state index in [0.717, 1.165) is 0 Å². The molecular formula is C2HAlCaO4. The molecule has 0 spiro atoms. The van der Waals surface area contributed by atoms with Gasteiger partial charge in [0.2, 0.25) is 0 Å². The largest absolute Gasteiger partial charge is 2.00 e. The maximum Gasteiger partial charge on any atom is 2.00 e. The Morgan fingerprint density at radius 3 is 1.38 bits per heavy atom. The smallest absolute Gasteiger partial charge is 0.570 e. The van der Waals surface area contributed by atoms with Crippen LogP contribution in [0.15, 0.2) is 0 Å². The second-order valence-electron chi connectivity index (χ2n) is 0.921. The van der Waals surface area contributed by atoms with Crippen molar-refractivity contribution in [2.75, 3.05) is 0 Å². The summed E-state index contributed by atoms with van der Waals surface area (Å²) >= 11 is -2.11. The molecule has 38 valence electrons. The molecule has 0 aliphatic heterocycles. The Balaban J connectivity index is 0. The van der Waals surface area contributed by atoms with Gasteiger partial charge < -0.3 is 19.8 Å². The summed E-state index contributed by atoms with van der Waals surface area (Å²) in [5.41, 5.74) is 0. The molecule has 0 aromatic heterocycles. The van der Waals surface area contributed by atoms with Crippen molar-refractivity contribution in [1.29, 1.82) is 0 Å². The second-order valence-corrected chi connectivity index (χ2v) is 2.43. The van der Waals surface area contributed by atoms with Gasteiger partial charge in [0, 0.05) is 0 Å². The predicted octanol–water partition coefficient (Wildman–Crippen LogP) is -3.27. The SMILES string of the molecule is O=[C]([O-])[AlH][C](=O)[O-].[Ca+2]. The van der Waals surface area contributed by atoms with E-state index in [9.17, 15) is 19.8 Å². The van der Waals surface area contributed by atoms with E-state index in [1.54, 1.807) is 0 Å². The summed E-state index contributed by atoms with van der Waals surface area (Å²) < 4.78 is 0. The Kier molecular flexibility index (Phi) is 8.44. The predicted molar refractivity (Wildman–Crippen MR) is 23.7 cm³/mol. The zero-order valence-corrected chi connectivity index (χ0v) is 7.67. The van der Waals surface area contributed by atoms with Crippen LogP contribution in [0.25, 0.3) is 0 Å². The third kappa shape index (κ3) is 9.88. The molecule has 0 rings (SSSR count). The van der Waals surface area contributed by atoms with Crippen LogP contribution in [0, 0.1) is 0 Å². The normalized spacial score (nSPS) is 6.50. The van der Waals surface area contributed by atoms with Gasteiger partial charge in [-0.05, 0) is 9.66 Å².